The molecule has 0 radical (unpaired) electrons. The minimum absolute atomic E-state index is 0.245. The second kappa shape index (κ2) is 4.47. The smallest absolute Gasteiger partial charge is 0.133 e. The van der Waals surface area contributed by atoms with Crippen LogP contribution in [0.1, 0.15) is 38.3 Å². The molecule has 1 unspecified atom stereocenters. The van der Waals surface area contributed by atoms with Crippen LogP contribution in [-0.4, -0.2) is 9.55 Å². The van der Waals surface area contributed by atoms with Crippen molar-refractivity contribution in [3.63, 3.8) is 0 Å². The van der Waals surface area contributed by atoms with Crippen molar-refractivity contribution < 1.29 is 0 Å². The minimum Gasteiger partial charge on any atom is -0.302 e. The van der Waals surface area contributed by atoms with E-state index in [2.05, 4.69) is 11.1 Å². The van der Waals surface area contributed by atoms with Gasteiger partial charge in [-0.05, 0) is 13.3 Å². The summed E-state index contributed by atoms with van der Waals surface area (Å²) in [6, 6.07) is 1.93. The molecule has 0 aliphatic rings. The van der Waals surface area contributed by atoms with Crippen molar-refractivity contribution in [2.45, 2.75) is 39.7 Å². The predicted octanol–water partition coefficient (Wildman–Crippen LogP) is 2.75. The summed E-state index contributed by atoms with van der Waals surface area (Å²) >= 11 is 6.13. The molecule has 1 aromatic rings. The fraction of sp³-hybridized carbons (Fsp3) is 0.600. The molecule has 0 aliphatic heterocycles. The number of nitriles is 1. The summed E-state index contributed by atoms with van der Waals surface area (Å²) in [4.78, 5) is 4.40. The molecule has 14 heavy (non-hydrogen) atoms. The first-order valence-electron chi connectivity index (χ1n) is 4.80. The Morgan fingerprint density at radius 1 is 1.50 bits per heavy atom. The van der Waals surface area contributed by atoms with Gasteiger partial charge in [0, 0.05) is 6.42 Å². The molecule has 1 heterocycles. The number of halogens is 1. The Bertz CT molecular complexity index is 362. The molecule has 0 aliphatic carbocycles. The third-order valence-electron chi connectivity index (χ3n) is 2.22. The Morgan fingerprint density at radius 2 is 2.14 bits per heavy atom. The van der Waals surface area contributed by atoms with E-state index in [1.807, 2.05) is 20.8 Å². The zero-order valence-electron chi connectivity index (χ0n) is 8.71. The fourth-order valence-corrected chi connectivity index (χ4v) is 1.85. The molecule has 0 spiro atoms. The van der Waals surface area contributed by atoms with E-state index >= 15 is 0 Å². The lowest BCUT2D eigenvalue weighted by atomic mass is 10.3. The van der Waals surface area contributed by atoms with E-state index in [0.717, 1.165) is 24.4 Å². The second-order valence-corrected chi connectivity index (χ2v) is 3.51. The summed E-state index contributed by atoms with van der Waals surface area (Å²) in [5.41, 5.74) is 0.880. The summed E-state index contributed by atoms with van der Waals surface area (Å²) < 4.78 is 1.81. The Labute approximate surface area is 89.3 Å². The Kier molecular flexibility index (Phi) is 3.54. The van der Waals surface area contributed by atoms with E-state index in [1.165, 1.54) is 0 Å². The largest absolute Gasteiger partial charge is 0.302 e. The molecule has 0 aromatic carbocycles. The molecule has 1 aromatic heterocycles. The van der Waals surface area contributed by atoms with Crippen molar-refractivity contribution in [3.8, 4) is 6.07 Å². The van der Waals surface area contributed by atoms with Crippen LogP contribution < -0.4 is 0 Å². The van der Waals surface area contributed by atoms with Gasteiger partial charge in [0.05, 0.1) is 11.8 Å². The molecule has 0 N–H and O–H groups in total. The number of aromatic nitrogens is 2. The van der Waals surface area contributed by atoms with Gasteiger partial charge in [0.15, 0.2) is 0 Å². The highest BCUT2D eigenvalue weighted by molar-refractivity contribution is 6.30. The van der Waals surface area contributed by atoms with Gasteiger partial charge in [-0.1, -0.05) is 25.4 Å². The lowest BCUT2D eigenvalue weighted by Crippen LogP contribution is -2.07. The van der Waals surface area contributed by atoms with Gasteiger partial charge in [-0.2, -0.15) is 5.26 Å². The number of aryl methyl sites for hydroxylation is 2. The van der Waals surface area contributed by atoms with Crippen LogP contribution in [0, 0.1) is 11.3 Å². The van der Waals surface area contributed by atoms with Crippen LogP contribution in [0.25, 0.3) is 0 Å². The van der Waals surface area contributed by atoms with E-state index in [4.69, 9.17) is 16.9 Å². The summed E-state index contributed by atoms with van der Waals surface area (Å²) in [7, 11) is 0. The van der Waals surface area contributed by atoms with E-state index < -0.39 is 0 Å². The Morgan fingerprint density at radius 3 is 2.57 bits per heavy atom. The predicted molar refractivity (Wildman–Crippen MR) is 56.3 cm³/mol. The second-order valence-electron chi connectivity index (χ2n) is 3.15. The maximum absolute atomic E-state index is 8.86. The molecule has 76 valence electrons. The van der Waals surface area contributed by atoms with Gasteiger partial charge in [0.25, 0.3) is 0 Å². The molecule has 1 rings (SSSR count). The average Bonchev–Trinajstić information content (AvgIpc) is 2.53. The molecule has 0 fully saturated rings. The highest BCUT2D eigenvalue weighted by Crippen LogP contribution is 2.23. The molecule has 0 saturated carbocycles. The number of nitrogens with zero attached hydrogens (tertiary/aromatic N) is 3. The van der Waals surface area contributed by atoms with Crippen LogP contribution in [0.3, 0.4) is 0 Å². The van der Waals surface area contributed by atoms with E-state index in [-0.39, 0.29) is 6.04 Å². The molecular formula is C10H14ClN3. The fourth-order valence-electron chi connectivity index (χ4n) is 1.43. The van der Waals surface area contributed by atoms with Gasteiger partial charge in [-0.25, -0.2) is 4.98 Å². The molecule has 3 nitrogen and oxygen atoms in total. The van der Waals surface area contributed by atoms with Gasteiger partial charge in [0.1, 0.15) is 17.0 Å². The van der Waals surface area contributed by atoms with Crippen LogP contribution in [-0.2, 0) is 12.8 Å². The number of rotatable bonds is 3. The highest BCUT2D eigenvalue weighted by Gasteiger charge is 2.16. The first-order chi connectivity index (χ1) is 6.65. The standard InChI is InChI=1S/C10H14ClN3/c1-4-8-10(11)14(7(3)6-12)9(5-2)13-8/h7H,4-5H2,1-3H3. The summed E-state index contributed by atoms with van der Waals surface area (Å²) in [6.45, 7) is 5.85. The molecule has 0 saturated heterocycles. The van der Waals surface area contributed by atoms with Crippen LogP contribution in [0.15, 0.2) is 0 Å². The van der Waals surface area contributed by atoms with Crippen molar-refractivity contribution in [2.75, 3.05) is 0 Å². The van der Waals surface area contributed by atoms with Crippen molar-refractivity contribution in [2.24, 2.45) is 0 Å². The van der Waals surface area contributed by atoms with Gasteiger partial charge in [0.2, 0.25) is 0 Å². The van der Waals surface area contributed by atoms with Crippen molar-refractivity contribution in [3.05, 3.63) is 16.7 Å². The van der Waals surface area contributed by atoms with Gasteiger partial charge in [-0.15, -0.1) is 0 Å². The zero-order chi connectivity index (χ0) is 10.7. The van der Waals surface area contributed by atoms with Gasteiger partial charge in [-0.3, -0.25) is 0 Å². The van der Waals surface area contributed by atoms with Gasteiger partial charge < -0.3 is 4.57 Å². The van der Waals surface area contributed by atoms with E-state index in [9.17, 15) is 0 Å². The zero-order valence-corrected chi connectivity index (χ0v) is 9.47. The molecule has 0 bridgehead atoms. The van der Waals surface area contributed by atoms with Crippen molar-refractivity contribution >= 4 is 11.6 Å². The molecule has 4 heteroatoms. The van der Waals surface area contributed by atoms with Crippen molar-refractivity contribution in [1.29, 1.82) is 5.26 Å². The maximum atomic E-state index is 8.86. The maximum Gasteiger partial charge on any atom is 0.133 e. The normalized spacial score (nSPS) is 12.5. The van der Waals surface area contributed by atoms with Crippen LogP contribution in [0.2, 0.25) is 5.15 Å². The molecule has 1 atom stereocenters. The SMILES string of the molecule is CCc1nc(CC)n(C(C)C#N)c1Cl. The van der Waals surface area contributed by atoms with Crippen LogP contribution in [0.5, 0.6) is 0 Å². The minimum atomic E-state index is -0.245. The Hall–Kier alpha value is -1.01. The van der Waals surface area contributed by atoms with E-state index in [1.54, 1.807) is 4.57 Å². The quantitative estimate of drug-likeness (QED) is 0.772. The summed E-state index contributed by atoms with van der Waals surface area (Å²) in [5.74, 6) is 0.890. The first kappa shape index (κ1) is 11.1. The summed E-state index contributed by atoms with van der Waals surface area (Å²) in [5, 5.41) is 9.47. The third-order valence-corrected chi connectivity index (χ3v) is 2.62. The van der Waals surface area contributed by atoms with Crippen molar-refractivity contribution in [1.82, 2.24) is 9.55 Å². The highest BCUT2D eigenvalue weighted by atomic mass is 35.5. The molecular weight excluding hydrogens is 198 g/mol. The van der Waals surface area contributed by atoms with Gasteiger partial charge >= 0.3 is 0 Å². The van der Waals surface area contributed by atoms with Crippen LogP contribution in [0.4, 0.5) is 0 Å². The number of hydrogen-bond acceptors (Lipinski definition) is 2. The van der Waals surface area contributed by atoms with E-state index in [0.29, 0.717) is 5.15 Å². The topological polar surface area (TPSA) is 41.6 Å². The summed E-state index contributed by atoms with van der Waals surface area (Å²) in [6.07, 6.45) is 1.60. The Balaban J connectivity index is 3.25. The van der Waals surface area contributed by atoms with Crippen LogP contribution >= 0.6 is 11.6 Å². The first-order valence-corrected chi connectivity index (χ1v) is 5.18. The number of hydrogen-bond donors (Lipinski definition) is 0. The molecule has 0 amide bonds. The third kappa shape index (κ3) is 1.76. The average molecular weight is 212 g/mol. The lowest BCUT2D eigenvalue weighted by Gasteiger charge is -2.09. The lowest BCUT2D eigenvalue weighted by molar-refractivity contribution is 0.634. The monoisotopic (exact) mass is 211 g/mol. The number of imidazole rings is 1.